The van der Waals surface area contributed by atoms with E-state index >= 15 is 0 Å². The van der Waals surface area contributed by atoms with Gasteiger partial charge in [-0.25, -0.2) is 4.79 Å². The molecule has 6 N–H and O–H groups in total. The zero-order valence-corrected chi connectivity index (χ0v) is 15.7. The van der Waals surface area contributed by atoms with Gasteiger partial charge < -0.3 is 49.8 Å². The molecule has 1 amide bonds. The largest absolute Gasteiger partial charge is 0.479 e. The van der Waals surface area contributed by atoms with Crippen molar-refractivity contribution in [1.82, 2.24) is 5.32 Å². The molecule has 0 aromatic carbocycles. The number of amides is 1. The van der Waals surface area contributed by atoms with E-state index in [0.717, 1.165) is 7.11 Å². The zero-order valence-electron chi connectivity index (χ0n) is 15.7. The van der Waals surface area contributed by atoms with Crippen LogP contribution in [0.5, 0.6) is 0 Å². The topological polar surface area (TPSA) is 184 Å². The van der Waals surface area contributed by atoms with Crippen LogP contribution < -0.4 is 5.32 Å². The monoisotopic (exact) mass is 409 g/mol. The maximum Gasteiger partial charge on any atom is 0.335 e. The van der Waals surface area contributed by atoms with Crippen LogP contribution in [0.2, 0.25) is 0 Å². The van der Waals surface area contributed by atoms with E-state index in [4.69, 9.17) is 18.9 Å². The van der Waals surface area contributed by atoms with Gasteiger partial charge in [0, 0.05) is 14.0 Å². The van der Waals surface area contributed by atoms with Crippen molar-refractivity contribution < 1.29 is 54.1 Å². The highest BCUT2D eigenvalue weighted by atomic mass is 16.7. The summed E-state index contributed by atoms with van der Waals surface area (Å²) in [6.45, 7) is 2.28. The number of aliphatic carboxylic acids is 1. The van der Waals surface area contributed by atoms with Gasteiger partial charge in [0.25, 0.3) is 0 Å². The lowest BCUT2D eigenvalue weighted by molar-refractivity contribution is -0.327. The highest BCUT2D eigenvalue weighted by Gasteiger charge is 2.52. The predicted molar refractivity (Wildman–Crippen MR) is 89.0 cm³/mol. The molecular weight excluding hydrogens is 382 g/mol. The summed E-state index contributed by atoms with van der Waals surface area (Å²) in [5.41, 5.74) is 0. The molecule has 0 radical (unpaired) electrons. The lowest BCUT2D eigenvalue weighted by Gasteiger charge is -2.47. The number of aliphatic hydroxyl groups is 4. The van der Waals surface area contributed by atoms with Gasteiger partial charge in [0.05, 0.1) is 18.8 Å². The highest BCUT2D eigenvalue weighted by molar-refractivity contribution is 5.73. The van der Waals surface area contributed by atoms with Crippen LogP contribution in [0.15, 0.2) is 0 Å². The summed E-state index contributed by atoms with van der Waals surface area (Å²) in [6, 6.07) is -0.897. The molecule has 12 nitrogen and oxygen atoms in total. The third kappa shape index (κ3) is 4.60. The van der Waals surface area contributed by atoms with Crippen LogP contribution in [0.3, 0.4) is 0 Å². The van der Waals surface area contributed by atoms with Crippen molar-refractivity contribution >= 4 is 11.9 Å². The summed E-state index contributed by atoms with van der Waals surface area (Å²) in [6.07, 6.45) is -12.4. The normalized spacial score (nSPS) is 44.1. The Bertz CT molecular complexity index is 561. The van der Waals surface area contributed by atoms with Crippen molar-refractivity contribution in [2.45, 2.75) is 75.0 Å². The minimum Gasteiger partial charge on any atom is -0.479 e. The summed E-state index contributed by atoms with van der Waals surface area (Å²) < 4.78 is 21.2. The molecule has 0 aliphatic carbocycles. The van der Waals surface area contributed by atoms with Crippen molar-refractivity contribution in [2.24, 2.45) is 0 Å². The maximum absolute atomic E-state index is 11.5. The molecule has 0 aromatic heterocycles. The predicted octanol–water partition coefficient (Wildman–Crippen LogP) is -3.44. The third-order valence-electron chi connectivity index (χ3n) is 4.87. The molecule has 2 heterocycles. The summed E-state index contributed by atoms with van der Waals surface area (Å²) >= 11 is 0. The summed E-state index contributed by atoms with van der Waals surface area (Å²) in [5.74, 6) is -1.89. The Hall–Kier alpha value is -1.38. The molecule has 28 heavy (non-hydrogen) atoms. The van der Waals surface area contributed by atoms with Crippen LogP contribution in [-0.2, 0) is 28.5 Å². The van der Waals surface area contributed by atoms with E-state index in [2.05, 4.69) is 5.32 Å². The van der Waals surface area contributed by atoms with Gasteiger partial charge in [-0.05, 0) is 6.92 Å². The number of methoxy groups -OCH3 is 1. The van der Waals surface area contributed by atoms with Crippen LogP contribution in [0, 0.1) is 0 Å². The fourth-order valence-corrected chi connectivity index (χ4v) is 3.45. The fraction of sp³-hybridized carbons (Fsp3) is 0.875. The van der Waals surface area contributed by atoms with E-state index in [9.17, 15) is 35.1 Å². The van der Waals surface area contributed by atoms with Gasteiger partial charge in [0.1, 0.15) is 36.6 Å². The molecular formula is C16H27NO11. The SMILES string of the molecule is CO[C@H]1C(C(=O)O)O[C@@H](OC2C(NC(C)=O)C(C)OC(CO)[C@H]2O)C(O)C1O. The van der Waals surface area contributed by atoms with Crippen LogP contribution in [0.1, 0.15) is 13.8 Å². The molecule has 0 aromatic rings. The van der Waals surface area contributed by atoms with Gasteiger partial charge in [0.15, 0.2) is 12.4 Å². The second kappa shape index (κ2) is 9.41. The average Bonchev–Trinajstić information content (AvgIpc) is 2.63. The van der Waals surface area contributed by atoms with Crippen LogP contribution in [0.4, 0.5) is 0 Å². The Morgan fingerprint density at radius 3 is 2.21 bits per heavy atom. The zero-order chi connectivity index (χ0) is 21.2. The second-order valence-electron chi connectivity index (χ2n) is 6.82. The molecule has 2 aliphatic heterocycles. The second-order valence-corrected chi connectivity index (χ2v) is 6.82. The van der Waals surface area contributed by atoms with Gasteiger partial charge >= 0.3 is 5.97 Å². The number of hydrogen-bond acceptors (Lipinski definition) is 10. The number of rotatable bonds is 6. The number of carbonyl (C=O) groups excluding carboxylic acids is 1. The van der Waals surface area contributed by atoms with Crippen molar-refractivity contribution in [2.75, 3.05) is 13.7 Å². The summed E-state index contributed by atoms with van der Waals surface area (Å²) in [5, 5.41) is 52.2. The van der Waals surface area contributed by atoms with E-state index in [-0.39, 0.29) is 0 Å². The standard InChI is InChI=1S/C16H27NO11/c1-5-8(17-6(2)19)12(9(20)7(4-18)26-5)27-16-11(22)10(21)13(25-3)14(28-16)15(23)24/h5,7-14,16,18,20-22H,4H2,1-3H3,(H,17,19)(H,23,24)/t5?,7?,8?,9-,10?,11?,12?,13-,14?,16-/m1/s1. The third-order valence-corrected chi connectivity index (χ3v) is 4.87. The molecule has 2 saturated heterocycles. The number of ether oxygens (including phenoxy) is 4. The van der Waals surface area contributed by atoms with E-state index < -0.39 is 79.6 Å². The first kappa shape index (κ1) is 22.9. The molecule has 0 spiro atoms. The fourth-order valence-electron chi connectivity index (χ4n) is 3.45. The van der Waals surface area contributed by atoms with E-state index in [1.165, 1.54) is 6.92 Å². The first-order valence-electron chi connectivity index (χ1n) is 8.76. The van der Waals surface area contributed by atoms with Crippen LogP contribution in [-0.4, -0.2) is 112 Å². The van der Waals surface area contributed by atoms with E-state index in [1.54, 1.807) is 6.92 Å². The molecule has 2 fully saturated rings. The summed E-state index contributed by atoms with van der Waals surface area (Å²) in [4.78, 5) is 23.0. The lowest BCUT2D eigenvalue weighted by atomic mass is 9.92. The molecule has 12 heteroatoms. The lowest BCUT2D eigenvalue weighted by Crippen LogP contribution is -2.67. The van der Waals surface area contributed by atoms with E-state index in [1.807, 2.05) is 0 Å². The highest BCUT2D eigenvalue weighted by Crippen LogP contribution is 2.30. The Labute approximate surface area is 160 Å². The van der Waals surface area contributed by atoms with Crippen molar-refractivity contribution in [3.05, 3.63) is 0 Å². The van der Waals surface area contributed by atoms with Gasteiger partial charge in [-0.1, -0.05) is 0 Å². The minimum absolute atomic E-state index is 0.447. The molecule has 7 unspecified atom stereocenters. The average molecular weight is 409 g/mol. The van der Waals surface area contributed by atoms with Gasteiger partial charge in [0.2, 0.25) is 5.91 Å². The Morgan fingerprint density at radius 1 is 1.07 bits per heavy atom. The van der Waals surface area contributed by atoms with Crippen LogP contribution >= 0.6 is 0 Å². The number of carboxylic acids is 1. The molecule has 162 valence electrons. The number of hydrogen-bond donors (Lipinski definition) is 6. The number of carbonyl (C=O) groups is 2. The van der Waals surface area contributed by atoms with Crippen molar-refractivity contribution in [3.63, 3.8) is 0 Å². The molecule has 10 atom stereocenters. The Balaban J connectivity index is 2.26. The van der Waals surface area contributed by atoms with E-state index in [0.29, 0.717) is 0 Å². The number of nitrogens with one attached hydrogen (secondary N) is 1. The molecule has 2 aliphatic rings. The van der Waals surface area contributed by atoms with Gasteiger partial charge in [-0.15, -0.1) is 0 Å². The molecule has 2 rings (SSSR count). The smallest absolute Gasteiger partial charge is 0.335 e. The van der Waals surface area contributed by atoms with Crippen molar-refractivity contribution in [1.29, 1.82) is 0 Å². The van der Waals surface area contributed by atoms with Gasteiger partial charge in [-0.3, -0.25) is 4.79 Å². The quantitative estimate of drug-likeness (QED) is 0.256. The number of aliphatic hydroxyl groups excluding tert-OH is 4. The Kier molecular flexibility index (Phi) is 7.70. The van der Waals surface area contributed by atoms with Crippen molar-refractivity contribution in [3.8, 4) is 0 Å². The summed E-state index contributed by atoms with van der Waals surface area (Å²) in [7, 11) is 1.16. The van der Waals surface area contributed by atoms with Crippen LogP contribution in [0.25, 0.3) is 0 Å². The molecule has 0 saturated carbocycles. The minimum atomic E-state index is -1.70. The Morgan fingerprint density at radius 2 is 1.71 bits per heavy atom. The maximum atomic E-state index is 11.5. The molecule has 0 bridgehead atoms. The van der Waals surface area contributed by atoms with Gasteiger partial charge in [-0.2, -0.15) is 0 Å². The first-order valence-corrected chi connectivity index (χ1v) is 8.76. The number of carboxylic acid groups (broad SMARTS) is 1. The first-order chi connectivity index (χ1) is 13.1.